The Bertz CT molecular complexity index is 1340. The molecule has 1 aliphatic heterocycles. The summed E-state index contributed by atoms with van der Waals surface area (Å²) in [4.78, 5) is 37.7. The molecule has 1 N–H and O–H groups in total. The number of nitrogens with one attached hydrogen (secondary N) is 1. The zero-order chi connectivity index (χ0) is 27.1. The second-order valence-electron chi connectivity index (χ2n) is 9.15. The zero-order valence-corrected chi connectivity index (χ0v) is 21.8. The lowest BCUT2D eigenvalue weighted by molar-refractivity contribution is -0.149. The SMILES string of the molecule is COc1ccc(C2CC(c3ccccc3)=NN2C(=O)CCC(=O)OCC(=O)Nc2ccc(C)c(C)c2)cc1. The number of amides is 2. The molecular weight excluding hydrogens is 482 g/mol. The number of rotatable bonds is 9. The Morgan fingerprint density at radius 2 is 1.68 bits per heavy atom. The molecule has 0 spiro atoms. The molecule has 1 atom stereocenters. The third-order valence-electron chi connectivity index (χ3n) is 6.47. The fourth-order valence-corrected chi connectivity index (χ4v) is 4.19. The highest BCUT2D eigenvalue weighted by Gasteiger charge is 2.33. The molecule has 4 rings (SSSR count). The predicted molar refractivity (Wildman–Crippen MR) is 145 cm³/mol. The van der Waals surface area contributed by atoms with Crippen LogP contribution < -0.4 is 10.1 Å². The van der Waals surface area contributed by atoms with Crippen molar-refractivity contribution in [3.63, 3.8) is 0 Å². The molecule has 2 amide bonds. The van der Waals surface area contributed by atoms with Gasteiger partial charge in [-0.3, -0.25) is 14.4 Å². The van der Waals surface area contributed by atoms with Crippen LogP contribution in [0.1, 0.15) is 47.6 Å². The topological polar surface area (TPSA) is 97.3 Å². The number of benzene rings is 3. The second kappa shape index (κ2) is 12.2. The van der Waals surface area contributed by atoms with Crippen LogP contribution in [0.4, 0.5) is 5.69 Å². The van der Waals surface area contributed by atoms with Crippen molar-refractivity contribution in [1.82, 2.24) is 5.01 Å². The number of hydrogen-bond donors (Lipinski definition) is 1. The van der Waals surface area contributed by atoms with Crippen molar-refractivity contribution in [1.29, 1.82) is 0 Å². The van der Waals surface area contributed by atoms with Crippen LogP contribution in [0.3, 0.4) is 0 Å². The third kappa shape index (κ3) is 6.64. The van der Waals surface area contributed by atoms with Crippen molar-refractivity contribution in [3.8, 4) is 5.75 Å². The standard InChI is InChI=1S/C30H31N3O5/c1-20-9-12-24(17-21(20)2)31-28(34)19-38-30(36)16-15-29(35)33-27(23-10-13-25(37-3)14-11-23)18-26(32-33)22-7-5-4-6-8-22/h4-14,17,27H,15-16,18-19H2,1-3H3,(H,31,34). The van der Waals surface area contributed by atoms with E-state index in [0.29, 0.717) is 12.1 Å². The summed E-state index contributed by atoms with van der Waals surface area (Å²) in [6.07, 6.45) is 0.304. The lowest BCUT2D eigenvalue weighted by Gasteiger charge is -2.22. The molecule has 0 saturated carbocycles. The molecule has 38 heavy (non-hydrogen) atoms. The summed E-state index contributed by atoms with van der Waals surface area (Å²) in [6, 6.07) is 22.5. The highest BCUT2D eigenvalue weighted by atomic mass is 16.5. The number of hydrogen-bond acceptors (Lipinski definition) is 6. The van der Waals surface area contributed by atoms with Gasteiger partial charge in [-0.2, -0.15) is 5.10 Å². The van der Waals surface area contributed by atoms with Crippen molar-refractivity contribution in [2.24, 2.45) is 5.10 Å². The Balaban J connectivity index is 1.35. The van der Waals surface area contributed by atoms with E-state index in [4.69, 9.17) is 9.47 Å². The van der Waals surface area contributed by atoms with Crippen molar-refractivity contribution in [2.45, 2.75) is 39.2 Å². The number of esters is 1. The zero-order valence-electron chi connectivity index (χ0n) is 21.8. The van der Waals surface area contributed by atoms with Gasteiger partial charge in [0.2, 0.25) is 5.91 Å². The minimum absolute atomic E-state index is 0.0875. The lowest BCUT2D eigenvalue weighted by atomic mass is 9.98. The van der Waals surface area contributed by atoms with Crippen molar-refractivity contribution < 1.29 is 23.9 Å². The fourth-order valence-electron chi connectivity index (χ4n) is 4.19. The highest BCUT2D eigenvalue weighted by Crippen LogP contribution is 2.34. The minimum Gasteiger partial charge on any atom is -0.497 e. The van der Waals surface area contributed by atoms with E-state index in [0.717, 1.165) is 33.7 Å². The molecule has 8 heteroatoms. The van der Waals surface area contributed by atoms with Gasteiger partial charge >= 0.3 is 5.97 Å². The molecule has 3 aromatic carbocycles. The quantitative estimate of drug-likeness (QED) is 0.408. The second-order valence-corrected chi connectivity index (χ2v) is 9.15. The molecule has 0 radical (unpaired) electrons. The maximum Gasteiger partial charge on any atom is 0.306 e. The molecule has 3 aromatic rings. The summed E-state index contributed by atoms with van der Waals surface area (Å²) < 4.78 is 10.4. The first kappa shape index (κ1) is 26.6. The molecule has 0 fully saturated rings. The average Bonchev–Trinajstić information content (AvgIpc) is 3.39. The summed E-state index contributed by atoms with van der Waals surface area (Å²) in [7, 11) is 1.60. The molecule has 1 aliphatic rings. The number of carbonyl (C=O) groups excluding carboxylic acids is 3. The minimum atomic E-state index is -0.624. The molecule has 0 aliphatic carbocycles. The van der Waals surface area contributed by atoms with Crippen LogP contribution >= 0.6 is 0 Å². The van der Waals surface area contributed by atoms with E-state index in [1.165, 1.54) is 5.01 Å². The predicted octanol–water partition coefficient (Wildman–Crippen LogP) is 4.95. The Hall–Kier alpha value is -4.46. The van der Waals surface area contributed by atoms with E-state index in [1.807, 2.05) is 80.6 Å². The summed E-state index contributed by atoms with van der Waals surface area (Å²) in [5.41, 5.74) is 5.45. The Kier molecular flexibility index (Phi) is 8.53. The summed E-state index contributed by atoms with van der Waals surface area (Å²) >= 11 is 0. The molecule has 8 nitrogen and oxygen atoms in total. The van der Waals surface area contributed by atoms with E-state index in [-0.39, 0.29) is 24.8 Å². The van der Waals surface area contributed by atoms with Gasteiger partial charge in [-0.05, 0) is 60.4 Å². The molecular formula is C30H31N3O5. The number of anilines is 1. The maximum atomic E-state index is 13.2. The lowest BCUT2D eigenvalue weighted by Crippen LogP contribution is -2.28. The van der Waals surface area contributed by atoms with Crippen LogP contribution in [0.15, 0.2) is 77.9 Å². The van der Waals surface area contributed by atoms with Crippen LogP contribution in [-0.2, 0) is 19.1 Å². The number of aryl methyl sites for hydroxylation is 2. The third-order valence-corrected chi connectivity index (χ3v) is 6.47. The first-order valence-electron chi connectivity index (χ1n) is 12.5. The number of methoxy groups -OCH3 is 1. The van der Waals surface area contributed by atoms with Gasteiger partial charge in [0.25, 0.3) is 5.91 Å². The van der Waals surface area contributed by atoms with Gasteiger partial charge in [0.15, 0.2) is 6.61 Å². The van der Waals surface area contributed by atoms with Gasteiger partial charge in [0.05, 0.1) is 25.3 Å². The van der Waals surface area contributed by atoms with Gasteiger partial charge in [-0.1, -0.05) is 48.5 Å². The summed E-state index contributed by atoms with van der Waals surface area (Å²) in [6.45, 7) is 3.52. The van der Waals surface area contributed by atoms with Crippen molar-refractivity contribution >= 4 is 29.2 Å². The Labute approximate surface area is 222 Å². The van der Waals surface area contributed by atoms with Crippen LogP contribution in [0, 0.1) is 13.8 Å². The van der Waals surface area contributed by atoms with Crippen LogP contribution in [0.2, 0.25) is 0 Å². The number of ether oxygens (including phenoxy) is 2. The summed E-state index contributed by atoms with van der Waals surface area (Å²) in [5.74, 6) is -0.642. The van der Waals surface area contributed by atoms with Crippen molar-refractivity contribution in [2.75, 3.05) is 19.0 Å². The van der Waals surface area contributed by atoms with E-state index in [1.54, 1.807) is 13.2 Å². The van der Waals surface area contributed by atoms with E-state index >= 15 is 0 Å². The normalized spacial score (nSPS) is 14.6. The Morgan fingerprint density at radius 3 is 2.37 bits per heavy atom. The van der Waals surface area contributed by atoms with Crippen molar-refractivity contribution in [3.05, 3.63) is 95.1 Å². The first-order chi connectivity index (χ1) is 18.3. The molecule has 0 aromatic heterocycles. The number of carbonyl (C=O) groups is 3. The van der Waals surface area contributed by atoms with Gasteiger partial charge < -0.3 is 14.8 Å². The van der Waals surface area contributed by atoms with Gasteiger partial charge in [-0.25, -0.2) is 5.01 Å². The highest BCUT2D eigenvalue weighted by molar-refractivity contribution is 6.03. The summed E-state index contributed by atoms with van der Waals surface area (Å²) in [5, 5.41) is 8.78. The molecule has 0 saturated heterocycles. The Morgan fingerprint density at radius 1 is 0.947 bits per heavy atom. The largest absolute Gasteiger partial charge is 0.497 e. The monoisotopic (exact) mass is 513 g/mol. The molecule has 196 valence electrons. The number of nitrogens with zero attached hydrogens (tertiary/aromatic N) is 2. The van der Waals surface area contributed by atoms with Gasteiger partial charge in [0, 0.05) is 18.5 Å². The fraction of sp³-hybridized carbons (Fsp3) is 0.267. The van der Waals surface area contributed by atoms with Gasteiger partial charge in [-0.15, -0.1) is 0 Å². The van der Waals surface area contributed by atoms with Gasteiger partial charge in [0.1, 0.15) is 5.75 Å². The van der Waals surface area contributed by atoms with E-state index < -0.39 is 18.5 Å². The van der Waals surface area contributed by atoms with Crippen LogP contribution in [0.5, 0.6) is 5.75 Å². The van der Waals surface area contributed by atoms with E-state index in [2.05, 4.69) is 10.4 Å². The molecule has 0 bridgehead atoms. The number of hydrazone groups is 1. The maximum absolute atomic E-state index is 13.2. The first-order valence-corrected chi connectivity index (χ1v) is 12.5. The average molecular weight is 514 g/mol. The van der Waals surface area contributed by atoms with E-state index in [9.17, 15) is 14.4 Å². The van der Waals surface area contributed by atoms with Crippen LogP contribution in [0.25, 0.3) is 0 Å². The smallest absolute Gasteiger partial charge is 0.306 e. The van der Waals surface area contributed by atoms with Crippen LogP contribution in [-0.4, -0.2) is 42.2 Å². The molecule has 1 unspecified atom stereocenters. The molecule has 1 heterocycles.